The van der Waals surface area contributed by atoms with Gasteiger partial charge < -0.3 is 10.2 Å². The second-order valence-electron chi connectivity index (χ2n) is 6.87. The van der Waals surface area contributed by atoms with Crippen LogP contribution in [0.5, 0.6) is 0 Å². The van der Waals surface area contributed by atoms with Crippen LogP contribution in [0.15, 0.2) is 24.3 Å². The largest absolute Gasteiger partial charge is 0.342 e. The van der Waals surface area contributed by atoms with Crippen molar-refractivity contribution in [1.82, 2.24) is 10.2 Å². The number of amides is 1. The molecule has 0 bridgehead atoms. The van der Waals surface area contributed by atoms with E-state index >= 15 is 0 Å². The highest BCUT2D eigenvalue weighted by molar-refractivity contribution is 6.30. The summed E-state index contributed by atoms with van der Waals surface area (Å²) in [6.45, 7) is 6.22. The molecule has 0 radical (unpaired) electrons. The van der Waals surface area contributed by atoms with Crippen molar-refractivity contribution in [3.8, 4) is 0 Å². The van der Waals surface area contributed by atoms with Gasteiger partial charge in [-0.3, -0.25) is 4.79 Å². The Morgan fingerprint density at radius 1 is 1.27 bits per heavy atom. The molecule has 3 nitrogen and oxygen atoms in total. The maximum absolute atomic E-state index is 12.2. The summed E-state index contributed by atoms with van der Waals surface area (Å²) in [4.78, 5) is 14.3. The molecule has 3 rings (SSSR count). The van der Waals surface area contributed by atoms with E-state index in [1.807, 2.05) is 12.1 Å². The fourth-order valence-electron chi connectivity index (χ4n) is 3.35. The first kappa shape index (κ1) is 15.8. The lowest BCUT2D eigenvalue weighted by molar-refractivity contribution is -0.134. The quantitative estimate of drug-likeness (QED) is 0.918. The van der Waals surface area contributed by atoms with Gasteiger partial charge in [-0.1, -0.05) is 30.7 Å². The normalized spacial score (nSPS) is 26.8. The lowest BCUT2D eigenvalue weighted by Crippen LogP contribution is -2.50. The molecule has 1 aromatic rings. The third-order valence-electron chi connectivity index (χ3n) is 4.98. The molecule has 1 aromatic carbocycles. The van der Waals surface area contributed by atoms with E-state index in [0.29, 0.717) is 29.8 Å². The van der Waals surface area contributed by atoms with Gasteiger partial charge in [0.2, 0.25) is 5.91 Å². The number of hydrogen-bond acceptors (Lipinski definition) is 2. The van der Waals surface area contributed by atoms with Crippen LogP contribution in [0.4, 0.5) is 0 Å². The standard InChI is InChI=1S/C18H25ClN2O/c1-12-11-21(18(22)15-3-4-15)10-9-17(12)20-13(2)14-5-7-16(19)8-6-14/h5-8,12-13,15,17,20H,3-4,9-11H2,1-2H3/t12-,13-,17+/m0/s1. The van der Waals surface area contributed by atoms with E-state index in [0.717, 1.165) is 37.4 Å². The number of halogens is 1. The van der Waals surface area contributed by atoms with E-state index in [9.17, 15) is 4.79 Å². The van der Waals surface area contributed by atoms with Crippen LogP contribution in [-0.2, 0) is 4.79 Å². The van der Waals surface area contributed by atoms with E-state index in [1.54, 1.807) is 0 Å². The van der Waals surface area contributed by atoms with Crippen LogP contribution >= 0.6 is 11.6 Å². The average molecular weight is 321 g/mol. The summed E-state index contributed by atoms with van der Waals surface area (Å²) < 4.78 is 0. The molecule has 4 heteroatoms. The van der Waals surface area contributed by atoms with Crippen LogP contribution in [0.3, 0.4) is 0 Å². The molecular formula is C18H25ClN2O. The lowest BCUT2D eigenvalue weighted by Gasteiger charge is -2.39. The third-order valence-corrected chi connectivity index (χ3v) is 5.23. The molecule has 2 aliphatic rings. The van der Waals surface area contributed by atoms with Crippen LogP contribution in [-0.4, -0.2) is 29.9 Å². The van der Waals surface area contributed by atoms with Gasteiger partial charge in [-0.25, -0.2) is 0 Å². The van der Waals surface area contributed by atoms with Gasteiger partial charge in [0.1, 0.15) is 0 Å². The molecule has 0 unspecified atom stereocenters. The zero-order valence-corrected chi connectivity index (χ0v) is 14.1. The first-order chi connectivity index (χ1) is 10.5. The van der Waals surface area contributed by atoms with E-state index in [4.69, 9.17) is 11.6 Å². The highest BCUT2D eigenvalue weighted by Gasteiger charge is 2.37. The fourth-order valence-corrected chi connectivity index (χ4v) is 3.48. The zero-order chi connectivity index (χ0) is 15.7. The summed E-state index contributed by atoms with van der Waals surface area (Å²) in [5.41, 5.74) is 1.26. The van der Waals surface area contributed by atoms with Crippen LogP contribution < -0.4 is 5.32 Å². The Kier molecular flexibility index (Phi) is 4.74. The molecule has 1 amide bonds. The molecule has 2 fully saturated rings. The van der Waals surface area contributed by atoms with Crippen LogP contribution in [0.1, 0.15) is 44.7 Å². The monoisotopic (exact) mass is 320 g/mol. The molecule has 1 saturated carbocycles. The second-order valence-corrected chi connectivity index (χ2v) is 7.31. The van der Waals surface area contributed by atoms with E-state index < -0.39 is 0 Å². The zero-order valence-electron chi connectivity index (χ0n) is 13.4. The van der Waals surface area contributed by atoms with Crippen molar-refractivity contribution in [3.05, 3.63) is 34.9 Å². The summed E-state index contributed by atoms with van der Waals surface area (Å²) in [6.07, 6.45) is 3.23. The van der Waals surface area contributed by atoms with E-state index in [-0.39, 0.29) is 0 Å². The van der Waals surface area contributed by atoms with Gasteiger partial charge in [0.15, 0.2) is 0 Å². The highest BCUT2D eigenvalue weighted by atomic mass is 35.5. The minimum Gasteiger partial charge on any atom is -0.342 e. The summed E-state index contributed by atoms with van der Waals surface area (Å²) in [5.74, 6) is 1.21. The number of piperidine rings is 1. The van der Waals surface area contributed by atoms with E-state index in [2.05, 4.69) is 36.2 Å². The number of rotatable bonds is 4. The van der Waals surface area contributed by atoms with Gasteiger partial charge in [-0.15, -0.1) is 0 Å². The van der Waals surface area contributed by atoms with Crippen LogP contribution in [0.2, 0.25) is 5.02 Å². The van der Waals surface area contributed by atoms with Crippen molar-refractivity contribution in [2.24, 2.45) is 11.8 Å². The number of carbonyl (C=O) groups is 1. The second kappa shape index (κ2) is 6.59. The van der Waals surface area contributed by atoms with Crippen molar-refractivity contribution in [2.45, 2.75) is 45.2 Å². The highest BCUT2D eigenvalue weighted by Crippen LogP contribution is 2.32. The van der Waals surface area contributed by atoms with Gasteiger partial charge in [-0.2, -0.15) is 0 Å². The van der Waals surface area contributed by atoms with Crippen molar-refractivity contribution < 1.29 is 4.79 Å². The van der Waals surface area contributed by atoms with Crippen molar-refractivity contribution in [1.29, 1.82) is 0 Å². The average Bonchev–Trinajstić information content (AvgIpc) is 3.34. The Hall–Kier alpha value is -1.06. The topological polar surface area (TPSA) is 32.3 Å². The predicted molar refractivity (Wildman–Crippen MR) is 89.9 cm³/mol. The SMILES string of the molecule is C[C@H](N[C@@H]1CCN(C(=O)C2CC2)C[C@@H]1C)c1ccc(Cl)cc1. The molecule has 1 N–H and O–H groups in total. The Morgan fingerprint density at radius 3 is 2.55 bits per heavy atom. The maximum atomic E-state index is 12.2. The number of carbonyl (C=O) groups excluding carboxylic acids is 1. The molecular weight excluding hydrogens is 296 g/mol. The van der Waals surface area contributed by atoms with Gasteiger partial charge in [0, 0.05) is 36.1 Å². The first-order valence-corrected chi connectivity index (χ1v) is 8.72. The Bertz CT molecular complexity index is 526. The van der Waals surface area contributed by atoms with Crippen molar-refractivity contribution in [3.63, 3.8) is 0 Å². The number of hydrogen-bond donors (Lipinski definition) is 1. The Balaban J connectivity index is 1.54. The number of nitrogens with one attached hydrogen (secondary N) is 1. The van der Waals surface area contributed by atoms with Gasteiger partial charge >= 0.3 is 0 Å². The molecule has 3 atom stereocenters. The first-order valence-electron chi connectivity index (χ1n) is 8.35. The molecule has 1 saturated heterocycles. The minimum absolute atomic E-state index is 0.301. The molecule has 1 aliphatic carbocycles. The van der Waals surface area contributed by atoms with Crippen LogP contribution in [0, 0.1) is 11.8 Å². The van der Waals surface area contributed by atoms with E-state index in [1.165, 1.54) is 5.56 Å². The molecule has 0 aromatic heterocycles. The molecule has 1 aliphatic heterocycles. The maximum Gasteiger partial charge on any atom is 0.225 e. The fraction of sp³-hybridized carbons (Fsp3) is 0.611. The number of benzene rings is 1. The summed E-state index contributed by atoms with van der Waals surface area (Å²) >= 11 is 5.95. The third kappa shape index (κ3) is 3.64. The summed E-state index contributed by atoms with van der Waals surface area (Å²) in [6, 6.07) is 8.81. The molecule has 1 heterocycles. The van der Waals surface area contributed by atoms with Crippen LogP contribution in [0.25, 0.3) is 0 Å². The predicted octanol–water partition coefficient (Wildman–Crippen LogP) is 3.64. The molecule has 22 heavy (non-hydrogen) atoms. The Labute approximate surface area is 138 Å². The number of likely N-dealkylation sites (tertiary alicyclic amines) is 1. The minimum atomic E-state index is 0.301. The Morgan fingerprint density at radius 2 is 1.95 bits per heavy atom. The number of nitrogens with zero attached hydrogens (tertiary/aromatic N) is 1. The molecule has 0 spiro atoms. The lowest BCUT2D eigenvalue weighted by atomic mass is 9.92. The molecule has 120 valence electrons. The van der Waals surface area contributed by atoms with Gasteiger partial charge in [0.25, 0.3) is 0 Å². The van der Waals surface area contributed by atoms with Gasteiger partial charge in [-0.05, 0) is 49.8 Å². The summed E-state index contributed by atoms with van der Waals surface area (Å²) in [7, 11) is 0. The van der Waals surface area contributed by atoms with Crippen molar-refractivity contribution >= 4 is 17.5 Å². The smallest absolute Gasteiger partial charge is 0.225 e. The van der Waals surface area contributed by atoms with Gasteiger partial charge in [0.05, 0.1) is 0 Å². The van der Waals surface area contributed by atoms with Crippen molar-refractivity contribution in [2.75, 3.05) is 13.1 Å². The summed E-state index contributed by atoms with van der Waals surface area (Å²) in [5, 5.41) is 4.50.